The molecule has 0 heterocycles. The van der Waals surface area contributed by atoms with E-state index in [2.05, 4.69) is 26.1 Å². The van der Waals surface area contributed by atoms with Crippen molar-refractivity contribution in [3.05, 3.63) is 35.6 Å². The molecule has 1 N–H and O–H groups in total. The molecule has 1 nitrogen and oxygen atoms in total. The first-order valence-corrected chi connectivity index (χ1v) is 6.95. The van der Waals surface area contributed by atoms with Crippen LogP contribution in [0, 0.1) is 17.2 Å². The number of halogens is 1. The smallest absolute Gasteiger partial charge is 0.123 e. The second-order valence-electron chi connectivity index (χ2n) is 6.56. The Bertz CT molecular complexity index is 373. The van der Waals surface area contributed by atoms with Gasteiger partial charge >= 0.3 is 0 Å². The van der Waals surface area contributed by atoms with Crippen LogP contribution >= 0.6 is 0 Å². The van der Waals surface area contributed by atoms with Crippen LogP contribution in [0.5, 0.6) is 0 Å². The summed E-state index contributed by atoms with van der Waals surface area (Å²) in [6, 6.07) is 7.20. The van der Waals surface area contributed by atoms with Crippen molar-refractivity contribution >= 4 is 0 Å². The average Bonchev–Trinajstić information content (AvgIpc) is 2.22. The molecular formula is C16H24FN. The molecule has 18 heavy (non-hydrogen) atoms. The number of hydrogen-bond donors (Lipinski definition) is 1. The SMILES string of the molecule is CC(C)(C)C(NCC1CCC1)c1ccc(F)cc1. The van der Waals surface area contributed by atoms with Crippen LogP contribution in [0.15, 0.2) is 24.3 Å². The van der Waals surface area contributed by atoms with Gasteiger partial charge in [-0.15, -0.1) is 0 Å². The van der Waals surface area contributed by atoms with Crippen LogP contribution < -0.4 is 5.32 Å². The van der Waals surface area contributed by atoms with Crippen molar-refractivity contribution in [3.63, 3.8) is 0 Å². The zero-order valence-corrected chi connectivity index (χ0v) is 11.7. The van der Waals surface area contributed by atoms with E-state index in [-0.39, 0.29) is 11.2 Å². The molecule has 0 bridgehead atoms. The van der Waals surface area contributed by atoms with Gasteiger partial charge in [0.05, 0.1) is 0 Å². The second kappa shape index (κ2) is 5.40. The molecule has 0 aliphatic heterocycles. The highest BCUT2D eigenvalue weighted by Crippen LogP contribution is 2.34. The average molecular weight is 249 g/mol. The van der Waals surface area contributed by atoms with Gasteiger partial charge in [-0.05, 0) is 48.4 Å². The van der Waals surface area contributed by atoms with E-state index in [0.29, 0.717) is 6.04 Å². The maximum absolute atomic E-state index is 13.0. The Kier molecular flexibility index (Phi) is 4.06. The van der Waals surface area contributed by atoms with Gasteiger partial charge in [-0.25, -0.2) is 4.39 Å². The van der Waals surface area contributed by atoms with Gasteiger partial charge in [0.2, 0.25) is 0 Å². The third-order valence-corrected chi connectivity index (χ3v) is 3.90. The number of hydrogen-bond acceptors (Lipinski definition) is 1. The Morgan fingerprint density at radius 2 is 1.83 bits per heavy atom. The van der Waals surface area contributed by atoms with E-state index in [0.717, 1.165) is 12.5 Å². The molecular weight excluding hydrogens is 225 g/mol. The minimum Gasteiger partial charge on any atom is -0.309 e. The van der Waals surface area contributed by atoms with Crippen molar-refractivity contribution in [1.82, 2.24) is 5.32 Å². The fraction of sp³-hybridized carbons (Fsp3) is 0.625. The van der Waals surface area contributed by atoms with Crippen LogP contribution in [0.25, 0.3) is 0 Å². The molecule has 0 amide bonds. The van der Waals surface area contributed by atoms with Crippen molar-refractivity contribution in [1.29, 1.82) is 0 Å². The number of nitrogens with one attached hydrogen (secondary N) is 1. The summed E-state index contributed by atoms with van der Waals surface area (Å²) in [7, 11) is 0. The van der Waals surface area contributed by atoms with Crippen LogP contribution in [-0.4, -0.2) is 6.54 Å². The molecule has 0 saturated heterocycles. The number of rotatable bonds is 4. The van der Waals surface area contributed by atoms with E-state index in [4.69, 9.17) is 0 Å². The van der Waals surface area contributed by atoms with E-state index in [1.54, 1.807) is 12.1 Å². The van der Waals surface area contributed by atoms with Crippen LogP contribution in [0.1, 0.15) is 51.6 Å². The summed E-state index contributed by atoms with van der Waals surface area (Å²) in [4.78, 5) is 0. The summed E-state index contributed by atoms with van der Waals surface area (Å²) in [5.74, 6) is 0.681. The highest BCUT2D eigenvalue weighted by atomic mass is 19.1. The lowest BCUT2D eigenvalue weighted by Crippen LogP contribution is -2.37. The van der Waals surface area contributed by atoms with Gasteiger partial charge in [0.25, 0.3) is 0 Å². The van der Waals surface area contributed by atoms with Crippen molar-refractivity contribution < 1.29 is 4.39 Å². The zero-order chi connectivity index (χ0) is 13.2. The van der Waals surface area contributed by atoms with Gasteiger partial charge in [0, 0.05) is 6.04 Å². The summed E-state index contributed by atoms with van der Waals surface area (Å²) in [5, 5.41) is 3.67. The predicted octanol–water partition coefficient (Wildman–Crippen LogP) is 4.30. The van der Waals surface area contributed by atoms with E-state index in [1.807, 2.05) is 12.1 Å². The van der Waals surface area contributed by atoms with Crippen LogP contribution in [0.4, 0.5) is 4.39 Å². The molecule has 1 atom stereocenters. The summed E-state index contributed by atoms with van der Waals surface area (Å²) in [6.45, 7) is 7.78. The molecule has 1 aliphatic rings. The Morgan fingerprint density at radius 3 is 2.28 bits per heavy atom. The third kappa shape index (κ3) is 3.32. The fourth-order valence-corrected chi connectivity index (χ4v) is 2.56. The Morgan fingerprint density at radius 1 is 1.22 bits per heavy atom. The first-order valence-electron chi connectivity index (χ1n) is 6.95. The van der Waals surface area contributed by atoms with Crippen molar-refractivity contribution in [3.8, 4) is 0 Å². The van der Waals surface area contributed by atoms with E-state index in [1.165, 1.54) is 24.8 Å². The highest BCUT2D eigenvalue weighted by Gasteiger charge is 2.27. The van der Waals surface area contributed by atoms with Gasteiger partial charge in [-0.2, -0.15) is 0 Å². The second-order valence-corrected chi connectivity index (χ2v) is 6.56. The summed E-state index contributed by atoms with van der Waals surface area (Å²) in [6.07, 6.45) is 4.09. The topological polar surface area (TPSA) is 12.0 Å². The van der Waals surface area contributed by atoms with E-state index >= 15 is 0 Å². The van der Waals surface area contributed by atoms with Crippen molar-refractivity contribution in [2.75, 3.05) is 6.54 Å². The maximum atomic E-state index is 13.0. The molecule has 2 rings (SSSR count). The van der Waals surface area contributed by atoms with Gasteiger partial charge < -0.3 is 5.32 Å². The van der Waals surface area contributed by atoms with Gasteiger partial charge in [0.15, 0.2) is 0 Å². The molecule has 1 unspecified atom stereocenters. The van der Waals surface area contributed by atoms with E-state index in [9.17, 15) is 4.39 Å². The molecule has 1 aromatic rings. The monoisotopic (exact) mass is 249 g/mol. The summed E-state index contributed by atoms with van der Waals surface area (Å²) in [5.41, 5.74) is 1.32. The van der Waals surface area contributed by atoms with Crippen LogP contribution in [-0.2, 0) is 0 Å². The molecule has 1 saturated carbocycles. The molecule has 100 valence electrons. The van der Waals surface area contributed by atoms with Crippen molar-refractivity contribution in [2.45, 2.75) is 46.1 Å². The molecule has 0 spiro atoms. The minimum atomic E-state index is -0.162. The maximum Gasteiger partial charge on any atom is 0.123 e. The Hall–Kier alpha value is -0.890. The Labute approximate surface area is 110 Å². The molecule has 1 fully saturated rings. The highest BCUT2D eigenvalue weighted by molar-refractivity contribution is 5.21. The molecule has 0 aromatic heterocycles. The van der Waals surface area contributed by atoms with Crippen molar-refractivity contribution in [2.24, 2.45) is 11.3 Å². The molecule has 1 aliphatic carbocycles. The standard InChI is InChI=1S/C16H24FN/c1-16(2,3)15(18-11-12-5-4-6-12)13-7-9-14(17)10-8-13/h7-10,12,15,18H,4-6,11H2,1-3H3. The van der Waals surface area contributed by atoms with E-state index < -0.39 is 0 Å². The lowest BCUT2D eigenvalue weighted by Gasteiger charge is -2.35. The fourth-order valence-electron chi connectivity index (χ4n) is 2.56. The zero-order valence-electron chi connectivity index (χ0n) is 11.7. The lowest BCUT2D eigenvalue weighted by molar-refractivity contribution is 0.227. The van der Waals surface area contributed by atoms with Crippen LogP contribution in [0.2, 0.25) is 0 Å². The van der Waals surface area contributed by atoms with Gasteiger partial charge in [0.1, 0.15) is 5.82 Å². The largest absolute Gasteiger partial charge is 0.309 e. The quantitative estimate of drug-likeness (QED) is 0.838. The van der Waals surface area contributed by atoms with Crippen LogP contribution in [0.3, 0.4) is 0 Å². The molecule has 2 heteroatoms. The first-order chi connectivity index (χ1) is 8.47. The summed E-state index contributed by atoms with van der Waals surface area (Å²) < 4.78 is 13.0. The Balaban J connectivity index is 2.06. The molecule has 1 aromatic carbocycles. The minimum absolute atomic E-state index is 0.140. The van der Waals surface area contributed by atoms with Gasteiger partial charge in [-0.3, -0.25) is 0 Å². The predicted molar refractivity (Wildman–Crippen MR) is 73.9 cm³/mol. The lowest BCUT2D eigenvalue weighted by atomic mass is 9.80. The number of benzene rings is 1. The van der Waals surface area contributed by atoms with Gasteiger partial charge in [-0.1, -0.05) is 39.3 Å². The normalized spacial score (nSPS) is 18.4. The first kappa shape index (κ1) is 13.5. The summed E-state index contributed by atoms with van der Waals surface area (Å²) >= 11 is 0. The third-order valence-electron chi connectivity index (χ3n) is 3.90. The molecule has 0 radical (unpaired) electrons.